The zero-order valence-corrected chi connectivity index (χ0v) is 9.22. The zero-order valence-electron chi connectivity index (χ0n) is 9.22. The molecule has 0 aromatic heterocycles. The topological polar surface area (TPSA) is 0 Å². The van der Waals surface area contributed by atoms with Gasteiger partial charge in [-0.25, -0.2) is 0 Å². The van der Waals surface area contributed by atoms with Crippen LogP contribution in [0, 0.1) is 35.0 Å². The van der Waals surface area contributed by atoms with E-state index in [9.17, 15) is 0 Å². The lowest BCUT2D eigenvalue weighted by Gasteiger charge is -2.26. The lowest BCUT2D eigenvalue weighted by molar-refractivity contribution is 0.219. The molecule has 0 aliphatic heterocycles. The van der Waals surface area contributed by atoms with Gasteiger partial charge < -0.3 is 0 Å². The Labute approximate surface area is 82.1 Å². The van der Waals surface area contributed by atoms with Crippen molar-refractivity contribution < 1.29 is 0 Å². The summed E-state index contributed by atoms with van der Waals surface area (Å²) < 4.78 is 0. The van der Waals surface area contributed by atoms with E-state index >= 15 is 0 Å². The first-order valence-electron chi connectivity index (χ1n) is 6.23. The van der Waals surface area contributed by atoms with Crippen LogP contribution >= 0.6 is 0 Å². The molecular weight excluding hydrogens is 156 g/mol. The third-order valence-corrected chi connectivity index (χ3v) is 5.92. The molecule has 6 unspecified atom stereocenters. The van der Waals surface area contributed by atoms with Crippen molar-refractivity contribution in [2.45, 2.75) is 46.5 Å². The van der Waals surface area contributed by atoms with Crippen molar-refractivity contribution in [1.82, 2.24) is 0 Å². The van der Waals surface area contributed by atoms with Crippen LogP contribution in [0.1, 0.15) is 46.5 Å². The van der Waals surface area contributed by atoms with Crippen molar-refractivity contribution in [1.29, 1.82) is 0 Å². The Bertz CT molecular complexity index is 228. The summed E-state index contributed by atoms with van der Waals surface area (Å²) in [4.78, 5) is 0. The van der Waals surface area contributed by atoms with Crippen molar-refractivity contribution in [2.75, 3.05) is 0 Å². The Morgan fingerprint density at radius 3 is 2.69 bits per heavy atom. The summed E-state index contributed by atoms with van der Waals surface area (Å²) in [5.74, 6) is 5.46. The molecule has 3 saturated carbocycles. The van der Waals surface area contributed by atoms with Crippen molar-refractivity contribution in [3.63, 3.8) is 0 Å². The van der Waals surface area contributed by atoms with Crippen LogP contribution in [0.4, 0.5) is 0 Å². The third-order valence-electron chi connectivity index (χ3n) is 5.92. The number of rotatable bonds is 1. The summed E-state index contributed by atoms with van der Waals surface area (Å²) in [6, 6.07) is 0. The Hall–Kier alpha value is 0. The zero-order chi connectivity index (χ0) is 9.22. The molecule has 3 fully saturated rings. The molecule has 0 N–H and O–H groups in total. The molecule has 0 heterocycles. The van der Waals surface area contributed by atoms with Crippen LogP contribution in [-0.4, -0.2) is 0 Å². The van der Waals surface area contributed by atoms with E-state index in [0.717, 1.165) is 29.1 Å². The van der Waals surface area contributed by atoms with Crippen LogP contribution in [0.5, 0.6) is 0 Å². The smallest absolute Gasteiger partial charge is 0.0202 e. The first-order chi connectivity index (χ1) is 6.23. The average molecular weight is 178 g/mol. The predicted molar refractivity (Wildman–Crippen MR) is 55.4 cm³/mol. The highest BCUT2D eigenvalue weighted by molar-refractivity contribution is 5.23. The highest BCUT2D eigenvalue weighted by Gasteiger charge is 2.75. The molecule has 13 heavy (non-hydrogen) atoms. The average Bonchev–Trinajstić information content (AvgIpc) is 2.47. The van der Waals surface area contributed by atoms with E-state index < -0.39 is 0 Å². The van der Waals surface area contributed by atoms with E-state index in [1.54, 1.807) is 12.8 Å². The van der Waals surface area contributed by atoms with Gasteiger partial charge in [0.2, 0.25) is 0 Å². The molecule has 3 rings (SSSR count). The number of fused-ring (bicyclic) bond motifs is 1. The Morgan fingerprint density at radius 1 is 1.23 bits per heavy atom. The molecule has 3 aliphatic rings. The fourth-order valence-electron chi connectivity index (χ4n) is 5.50. The van der Waals surface area contributed by atoms with E-state index in [2.05, 4.69) is 20.8 Å². The molecule has 6 atom stereocenters. The molecular formula is C13H22. The maximum Gasteiger partial charge on any atom is -0.0202 e. The Kier molecular flexibility index (Phi) is 1.49. The lowest BCUT2D eigenvalue weighted by atomic mass is 9.78. The Morgan fingerprint density at radius 2 is 2.00 bits per heavy atom. The molecule has 0 radical (unpaired) electrons. The molecule has 0 aromatic carbocycles. The minimum absolute atomic E-state index is 0.883. The summed E-state index contributed by atoms with van der Waals surface area (Å²) in [7, 11) is 0. The normalized spacial score (nSPS) is 63.5. The fraction of sp³-hybridized carbons (Fsp3) is 1.00. The standard InChI is InChI=1S/C13H22/c1-4-10-8(2)9(3)12-11-6-5-7-13(10,11)12/h8-12H,4-7H2,1-3H3. The maximum absolute atomic E-state index is 2.52. The van der Waals surface area contributed by atoms with Crippen LogP contribution in [-0.2, 0) is 0 Å². The SMILES string of the molecule is CCC1C(C)C(C)C2C3CCCC132. The van der Waals surface area contributed by atoms with Crippen LogP contribution in [0.25, 0.3) is 0 Å². The van der Waals surface area contributed by atoms with Gasteiger partial charge in [-0.2, -0.15) is 0 Å². The first-order valence-corrected chi connectivity index (χ1v) is 6.23. The number of hydrogen-bond donors (Lipinski definition) is 0. The summed E-state index contributed by atoms with van der Waals surface area (Å²) >= 11 is 0. The third kappa shape index (κ3) is 0.714. The van der Waals surface area contributed by atoms with Crippen LogP contribution in [0.15, 0.2) is 0 Å². The van der Waals surface area contributed by atoms with Gasteiger partial charge in [0.25, 0.3) is 0 Å². The van der Waals surface area contributed by atoms with Gasteiger partial charge in [-0.3, -0.25) is 0 Å². The van der Waals surface area contributed by atoms with Gasteiger partial charge in [0.1, 0.15) is 0 Å². The van der Waals surface area contributed by atoms with Crippen molar-refractivity contribution >= 4 is 0 Å². The molecule has 0 saturated heterocycles. The number of hydrogen-bond acceptors (Lipinski definition) is 0. The highest BCUT2D eigenvalue weighted by Crippen LogP contribution is 2.81. The molecule has 0 heteroatoms. The Balaban J connectivity index is 1.94. The largest absolute Gasteiger partial charge is 0.0651 e. The van der Waals surface area contributed by atoms with Crippen molar-refractivity contribution in [3.05, 3.63) is 0 Å². The van der Waals surface area contributed by atoms with Gasteiger partial charge >= 0.3 is 0 Å². The van der Waals surface area contributed by atoms with E-state index in [-0.39, 0.29) is 0 Å². The molecule has 0 aromatic rings. The van der Waals surface area contributed by atoms with Crippen molar-refractivity contribution in [3.8, 4) is 0 Å². The lowest BCUT2D eigenvalue weighted by Crippen LogP contribution is -2.20. The van der Waals surface area contributed by atoms with Gasteiger partial charge in [0.05, 0.1) is 0 Å². The first kappa shape index (κ1) is 8.32. The van der Waals surface area contributed by atoms with Gasteiger partial charge in [0, 0.05) is 0 Å². The quantitative estimate of drug-likeness (QED) is 0.574. The highest BCUT2D eigenvalue weighted by atomic mass is 14.8. The van der Waals surface area contributed by atoms with Gasteiger partial charge in [-0.1, -0.05) is 33.6 Å². The molecule has 3 aliphatic carbocycles. The second kappa shape index (κ2) is 2.32. The molecule has 0 bridgehead atoms. The monoisotopic (exact) mass is 178 g/mol. The van der Waals surface area contributed by atoms with Gasteiger partial charge in [-0.05, 0) is 47.8 Å². The van der Waals surface area contributed by atoms with E-state index in [1.807, 2.05) is 0 Å². The minimum Gasteiger partial charge on any atom is -0.0651 e. The van der Waals surface area contributed by atoms with Crippen molar-refractivity contribution in [2.24, 2.45) is 35.0 Å². The second-order valence-electron chi connectivity index (χ2n) is 5.87. The van der Waals surface area contributed by atoms with E-state index in [0.29, 0.717) is 0 Å². The maximum atomic E-state index is 2.52. The molecule has 1 spiro atoms. The van der Waals surface area contributed by atoms with E-state index in [1.165, 1.54) is 18.8 Å². The summed E-state index contributed by atoms with van der Waals surface area (Å²) in [6.45, 7) is 7.44. The summed E-state index contributed by atoms with van der Waals surface area (Å²) in [6.07, 6.45) is 6.13. The predicted octanol–water partition coefficient (Wildman–Crippen LogP) is 3.71. The summed E-state index contributed by atoms with van der Waals surface area (Å²) in [5.41, 5.74) is 0.883. The van der Waals surface area contributed by atoms with Gasteiger partial charge in [-0.15, -0.1) is 0 Å². The second-order valence-corrected chi connectivity index (χ2v) is 5.87. The van der Waals surface area contributed by atoms with Gasteiger partial charge in [0.15, 0.2) is 0 Å². The van der Waals surface area contributed by atoms with E-state index in [4.69, 9.17) is 0 Å². The van der Waals surface area contributed by atoms with Crippen LogP contribution < -0.4 is 0 Å². The molecule has 0 nitrogen and oxygen atoms in total. The molecule has 74 valence electrons. The molecule has 0 amide bonds. The van der Waals surface area contributed by atoms with Crippen LogP contribution in [0.2, 0.25) is 0 Å². The summed E-state index contributed by atoms with van der Waals surface area (Å²) in [5, 5.41) is 0. The van der Waals surface area contributed by atoms with Crippen LogP contribution in [0.3, 0.4) is 0 Å². The fourth-order valence-corrected chi connectivity index (χ4v) is 5.50. The minimum atomic E-state index is 0.883.